The van der Waals surface area contributed by atoms with Crippen molar-refractivity contribution < 1.29 is 9.53 Å². The molecule has 0 fully saturated rings. The average molecular weight is 393 g/mol. The highest BCUT2D eigenvalue weighted by molar-refractivity contribution is 5.69. The van der Waals surface area contributed by atoms with E-state index in [1.807, 2.05) is 6.92 Å². The van der Waals surface area contributed by atoms with E-state index in [1.165, 1.54) is 77.0 Å². The van der Waals surface area contributed by atoms with Crippen molar-refractivity contribution in [2.75, 3.05) is 0 Å². The first-order valence-electron chi connectivity index (χ1n) is 12.2. The van der Waals surface area contributed by atoms with Gasteiger partial charge in [0.2, 0.25) is 0 Å². The van der Waals surface area contributed by atoms with Gasteiger partial charge in [0, 0.05) is 6.42 Å². The molecule has 0 amide bonds. The van der Waals surface area contributed by atoms with Crippen molar-refractivity contribution in [2.24, 2.45) is 0 Å². The molecule has 0 aromatic heterocycles. The fraction of sp³-hybridized carbons (Fsp3) is 0.808. The van der Waals surface area contributed by atoms with Crippen LogP contribution in [0.4, 0.5) is 0 Å². The van der Waals surface area contributed by atoms with Gasteiger partial charge in [-0.2, -0.15) is 0 Å². The quantitative estimate of drug-likeness (QED) is 0.118. The van der Waals surface area contributed by atoms with Crippen LogP contribution in [0, 0.1) is 0 Å². The number of esters is 1. The molecule has 0 aliphatic heterocycles. The summed E-state index contributed by atoms with van der Waals surface area (Å²) in [7, 11) is 0. The molecular formula is C26H48O2. The Kier molecular flexibility index (Phi) is 21.4. The third kappa shape index (κ3) is 21.3. The van der Waals surface area contributed by atoms with E-state index in [-0.39, 0.29) is 12.1 Å². The Morgan fingerprint density at radius 3 is 1.93 bits per heavy atom. The van der Waals surface area contributed by atoms with Crippen LogP contribution in [-0.2, 0) is 9.53 Å². The summed E-state index contributed by atoms with van der Waals surface area (Å²) in [5, 5.41) is 0. The van der Waals surface area contributed by atoms with E-state index < -0.39 is 0 Å². The molecular weight excluding hydrogens is 344 g/mol. The molecule has 0 N–H and O–H groups in total. The van der Waals surface area contributed by atoms with E-state index in [1.54, 1.807) is 0 Å². The van der Waals surface area contributed by atoms with Crippen LogP contribution in [0.1, 0.15) is 130 Å². The van der Waals surface area contributed by atoms with Crippen LogP contribution >= 0.6 is 0 Å². The van der Waals surface area contributed by atoms with Gasteiger partial charge in [0.25, 0.3) is 0 Å². The first-order chi connectivity index (χ1) is 13.7. The molecule has 0 bridgehead atoms. The van der Waals surface area contributed by atoms with E-state index in [0.717, 1.165) is 25.7 Å². The van der Waals surface area contributed by atoms with Gasteiger partial charge in [-0.05, 0) is 58.3 Å². The fourth-order valence-electron chi connectivity index (χ4n) is 3.28. The van der Waals surface area contributed by atoms with Gasteiger partial charge in [0.05, 0.1) is 6.10 Å². The molecule has 1 atom stereocenters. The fourth-order valence-corrected chi connectivity index (χ4v) is 3.28. The number of carbonyl (C=O) groups excluding carboxylic acids is 1. The maximum absolute atomic E-state index is 11.8. The van der Waals surface area contributed by atoms with Gasteiger partial charge in [-0.25, -0.2) is 0 Å². The third-order valence-corrected chi connectivity index (χ3v) is 5.13. The minimum atomic E-state index is -0.00586. The second-order valence-corrected chi connectivity index (χ2v) is 8.13. The van der Waals surface area contributed by atoms with Crippen molar-refractivity contribution >= 4 is 5.97 Å². The molecule has 0 aromatic rings. The molecule has 0 spiro atoms. The van der Waals surface area contributed by atoms with Crippen LogP contribution in [0.2, 0.25) is 0 Å². The molecule has 2 nitrogen and oxygen atoms in total. The lowest BCUT2D eigenvalue weighted by Crippen LogP contribution is -2.14. The summed E-state index contributed by atoms with van der Waals surface area (Å²) in [6.45, 7) is 6.49. The molecule has 0 aromatic carbocycles. The Hall–Kier alpha value is -1.05. The smallest absolute Gasteiger partial charge is 0.306 e. The van der Waals surface area contributed by atoms with Gasteiger partial charge in [0.15, 0.2) is 0 Å². The van der Waals surface area contributed by atoms with Crippen molar-refractivity contribution in [2.45, 2.75) is 136 Å². The van der Waals surface area contributed by atoms with Crippen molar-refractivity contribution in [3.05, 3.63) is 24.3 Å². The summed E-state index contributed by atoms with van der Waals surface area (Å²) in [6.07, 6.45) is 29.2. The van der Waals surface area contributed by atoms with Crippen molar-refractivity contribution in [1.82, 2.24) is 0 Å². The normalized spacial score (nSPS) is 12.8. The van der Waals surface area contributed by atoms with Crippen molar-refractivity contribution in [1.29, 1.82) is 0 Å². The molecule has 0 aliphatic rings. The van der Waals surface area contributed by atoms with E-state index in [9.17, 15) is 4.79 Å². The molecule has 0 heterocycles. The SMILES string of the molecule is CCCCC/C=C\C/C=C\CCCCCCCC(=O)OC(C)CCCCCC. The summed E-state index contributed by atoms with van der Waals surface area (Å²) in [5.74, 6) is -0.00586. The first kappa shape index (κ1) is 27.0. The maximum Gasteiger partial charge on any atom is 0.306 e. The van der Waals surface area contributed by atoms with Gasteiger partial charge in [0.1, 0.15) is 0 Å². The summed E-state index contributed by atoms with van der Waals surface area (Å²) < 4.78 is 5.50. The van der Waals surface area contributed by atoms with Gasteiger partial charge >= 0.3 is 5.97 Å². The molecule has 0 aliphatic carbocycles. The van der Waals surface area contributed by atoms with Crippen LogP contribution < -0.4 is 0 Å². The van der Waals surface area contributed by atoms with Gasteiger partial charge in [-0.3, -0.25) is 4.79 Å². The van der Waals surface area contributed by atoms with Crippen LogP contribution in [0.25, 0.3) is 0 Å². The molecule has 0 rings (SSSR count). The summed E-state index contributed by atoms with van der Waals surface area (Å²) in [5.41, 5.74) is 0. The van der Waals surface area contributed by atoms with Crippen LogP contribution in [0.5, 0.6) is 0 Å². The molecule has 0 saturated carbocycles. The number of allylic oxidation sites excluding steroid dienone is 4. The zero-order valence-electron chi connectivity index (χ0n) is 19.2. The highest BCUT2D eigenvalue weighted by Crippen LogP contribution is 2.11. The standard InChI is InChI=1S/C26H48O2/c1-4-6-8-10-11-12-13-14-15-16-17-18-19-20-22-24-26(27)28-25(3)23-21-9-7-5-2/h11-12,14-15,25H,4-10,13,16-24H2,1-3H3/b12-11-,15-14-. The van der Waals surface area contributed by atoms with Crippen molar-refractivity contribution in [3.63, 3.8) is 0 Å². The average Bonchev–Trinajstić information content (AvgIpc) is 2.68. The Bertz CT molecular complexity index is 384. The largest absolute Gasteiger partial charge is 0.463 e. The van der Waals surface area contributed by atoms with Gasteiger partial charge in [-0.1, -0.05) is 89.5 Å². The lowest BCUT2D eigenvalue weighted by Gasteiger charge is -2.13. The summed E-state index contributed by atoms with van der Waals surface area (Å²) >= 11 is 0. The van der Waals surface area contributed by atoms with Crippen molar-refractivity contribution in [3.8, 4) is 0 Å². The Labute approximate surface area is 176 Å². The number of ether oxygens (including phenoxy) is 1. The van der Waals surface area contributed by atoms with Crippen LogP contribution in [0.3, 0.4) is 0 Å². The number of hydrogen-bond acceptors (Lipinski definition) is 2. The second kappa shape index (κ2) is 22.2. The minimum Gasteiger partial charge on any atom is -0.463 e. The number of hydrogen-bond donors (Lipinski definition) is 0. The monoisotopic (exact) mass is 392 g/mol. The lowest BCUT2D eigenvalue weighted by molar-refractivity contribution is -0.148. The molecule has 28 heavy (non-hydrogen) atoms. The molecule has 2 heteroatoms. The predicted octanol–water partition coefficient (Wildman–Crippen LogP) is 8.70. The van der Waals surface area contributed by atoms with Gasteiger partial charge in [-0.15, -0.1) is 0 Å². The first-order valence-corrected chi connectivity index (χ1v) is 12.2. The minimum absolute atomic E-state index is 0.00586. The second-order valence-electron chi connectivity index (χ2n) is 8.13. The van der Waals surface area contributed by atoms with E-state index in [4.69, 9.17) is 4.74 Å². The van der Waals surface area contributed by atoms with E-state index in [2.05, 4.69) is 38.2 Å². The molecule has 164 valence electrons. The number of carbonyl (C=O) groups is 1. The zero-order valence-corrected chi connectivity index (χ0v) is 19.2. The highest BCUT2D eigenvalue weighted by Gasteiger charge is 2.08. The Balaban J connectivity index is 3.37. The predicted molar refractivity (Wildman–Crippen MR) is 124 cm³/mol. The van der Waals surface area contributed by atoms with Crippen LogP contribution in [-0.4, -0.2) is 12.1 Å². The number of rotatable bonds is 20. The number of unbranched alkanes of at least 4 members (excludes halogenated alkanes) is 11. The van der Waals surface area contributed by atoms with E-state index >= 15 is 0 Å². The third-order valence-electron chi connectivity index (χ3n) is 5.13. The summed E-state index contributed by atoms with van der Waals surface area (Å²) in [6, 6.07) is 0. The molecule has 0 saturated heterocycles. The zero-order chi connectivity index (χ0) is 20.7. The lowest BCUT2D eigenvalue weighted by atomic mass is 10.1. The molecule has 0 radical (unpaired) electrons. The topological polar surface area (TPSA) is 26.3 Å². The Morgan fingerprint density at radius 1 is 0.714 bits per heavy atom. The molecule has 1 unspecified atom stereocenters. The van der Waals surface area contributed by atoms with Gasteiger partial charge < -0.3 is 4.74 Å². The van der Waals surface area contributed by atoms with Crippen LogP contribution in [0.15, 0.2) is 24.3 Å². The highest BCUT2D eigenvalue weighted by atomic mass is 16.5. The maximum atomic E-state index is 11.8. The Morgan fingerprint density at radius 2 is 1.25 bits per heavy atom. The van der Waals surface area contributed by atoms with E-state index in [0.29, 0.717) is 6.42 Å². The summed E-state index contributed by atoms with van der Waals surface area (Å²) in [4.78, 5) is 11.8.